The standard InChI is InChI=1S/C12H24N3O11P3S2/c1-7(31-30)23-9-2-11(15(12(14)17)4-8(3-13)5-16)24-10(9)6-22-28(20)26-29(21)25-27(18)19/h4-5,7,9-11,27-30H,2-3,6,13H2,1H3,(H2,14,17)(H,18,19)/b8-4-/t7-,9?,10+,11+/m0/s1. The van der Waals surface area contributed by atoms with Gasteiger partial charge in [0.1, 0.15) is 24.1 Å². The van der Waals surface area contributed by atoms with Gasteiger partial charge >= 0.3 is 30.8 Å². The molecule has 14 nitrogen and oxygen atoms in total. The molecule has 0 aromatic rings. The highest BCUT2D eigenvalue weighted by Crippen LogP contribution is 2.45. The molecule has 0 aromatic heterocycles. The van der Waals surface area contributed by atoms with Crippen molar-refractivity contribution >= 4 is 59.5 Å². The van der Waals surface area contributed by atoms with E-state index in [-0.39, 0.29) is 25.1 Å². The second kappa shape index (κ2) is 14.8. The van der Waals surface area contributed by atoms with E-state index in [1.54, 1.807) is 6.92 Å². The summed E-state index contributed by atoms with van der Waals surface area (Å²) >= 11 is 4.05. The molecule has 1 fully saturated rings. The Morgan fingerprint density at radius 3 is 2.58 bits per heavy atom. The zero-order valence-corrected chi connectivity index (χ0v) is 20.8. The van der Waals surface area contributed by atoms with Crippen LogP contribution in [0.1, 0.15) is 13.3 Å². The summed E-state index contributed by atoms with van der Waals surface area (Å²) < 4.78 is 58.4. The maximum atomic E-state index is 11.8. The number of aldehydes is 1. The summed E-state index contributed by atoms with van der Waals surface area (Å²) in [4.78, 5) is 32.4. The highest BCUT2D eigenvalue weighted by Gasteiger charge is 2.41. The van der Waals surface area contributed by atoms with Gasteiger partial charge in [-0.15, -0.1) is 11.7 Å². The molecule has 0 spiro atoms. The fourth-order valence-electron chi connectivity index (χ4n) is 2.37. The molecule has 19 heteroatoms. The second-order valence-corrected chi connectivity index (χ2v) is 10.7. The number of thiol groups is 1. The average Bonchev–Trinajstić information content (AvgIpc) is 3.08. The van der Waals surface area contributed by atoms with Crippen LogP contribution in [0.15, 0.2) is 11.8 Å². The minimum absolute atomic E-state index is 0.0885. The van der Waals surface area contributed by atoms with E-state index in [1.165, 1.54) is 0 Å². The lowest BCUT2D eigenvalue weighted by Crippen LogP contribution is -2.40. The third-order valence-electron chi connectivity index (χ3n) is 3.65. The Morgan fingerprint density at radius 1 is 1.39 bits per heavy atom. The van der Waals surface area contributed by atoms with E-state index in [4.69, 9.17) is 30.4 Å². The summed E-state index contributed by atoms with van der Waals surface area (Å²) in [6.45, 7) is 1.20. The molecule has 7 atom stereocenters. The molecule has 1 saturated heterocycles. The Morgan fingerprint density at radius 2 is 2.06 bits per heavy atom. The van der Waals surface area contributed by atoms with Crippen LogP contribution in [0.25, 0.3) is 0 Å². The summed E-state index contributed by atoms with van der Waals surface area (Å²) in [7, 11) is -9.30. The van der Waals surface area contributed by atoms with Crippen molar-refractivity contribution in [3.05, 3.63) is 11.8 Å². The molecule has 4 unspecified atom stereocenters. The van der Waals surface area contributed by atoms with Crippen LogP contribution >= 0.6 is 47.2 Å². The summed E-state index contributed by atoms with van der Waals surface area (Å²) in [6.07, 6.45) is -0.780. The Labute approximate surface area is 188 Å². The average molecular weight is 543 g/mol. The number of urea groups is 1. The monoisotopic (exact) mass is 543 g/mol. The maximum absolute atomic E-state index is 11.8. The molecule has 0 bridgehead atoms. The van der Waals surface area contributed by atoms with Crippen LogP contribution in [0.4, 0.5) is 4.79 Å². The first-order chi connectivity index (χ1) is 14.6. The van der Waals surface area contributed by atoms with Gasteiger partial charge in [-0.3, -0.25) is 23.4 Å². The van der Waals surface area contributed by atoms with E-state index >= 15 is 0 Å². The van der Waals surface area contributed by atoms with Crippen LogP contribution in [0.5, 0.6) is 0 Å². The number of rotatable bonds is 14. The summed E-state index contributed by atoms with van der Waals surface area (Å²) in [5, 5.41) is 0. The SMILES string of the molecule is C[C@@H](OC1C[C@H](N(/C=C(\C=O)CN)C(N)=O)O[C@@H]1CO[PH](=O)O[PH](=O)O[PH](=O)O)SS. The Balaban J connectivity index is 2.88. The normalized spacial score (nSPS) is 25.5. The van der Waals surface area contributed by atoms with Crippen molar-refractivity contribution in [3.63, 3.8) is 0 Å². The number of hydrogen-bond donors (Lipinski definition) is 4. The van der Waals surface area contributed by atoms with Crippen LogP contribution in [-0.4, -0.2) is 59.1 Å². The Kier molecular flexibility index (Phi) is 13.8. The van der Waals surface area contributed by atoms with E-state index in [1.807, 2.05) is 0 Å². The Bertz CT molecular complexity index is 731. The molecule has 1 rings (SSSR count). The predicted molar refractivity (Wildman–Crippen MR) is 116 cm³/mol. The van der Waals surface area contributed by atoms with Crippen LogP contribution in [-0.2, 0) is 41.1 Å². The van der Waals surface area contributed by atoms with Gasteiger partial charge in [0, 0.05) is 24.7 Å². The number of carbonyl (C=O) groups is 2. The minimum Gasteiger partial charge on any atom is -0.361 e. The lowest BCUT2D eigenvalue weighted by Gasteiger charge is -2.24. The van der Waals surface area contributed by atoms with Crippen molar-refractivity contribution in [2.75, 3.05) is 13.2 Å². The third kappa shape index (κ3) is 10.5. The molecule has 1 heterocycles. The van der Waals surface area contributed by atoms with E-state index in [2.05, 4.69) is 20.3 Å². The number of nitrogens with zero attached hydrogens (tertiary/aromatic N) is 1. The third-order valence-corrected chi connectivity index (χ3v) is 8.05. The van der Waals surface area contributed by atoms with E-state index in [0.717, 1.165) is 21.9 Å². The van der Waals surface area contributed by atoms with Crippen LogP contribution < -0.4 is 11.5 Å². The summed E-state index contributed by atoms with van der Waals surface area (Å²) in [5.41, 5.74) is 10.5. The largest absolute Gasteiger partial charge is 0.361 e. The zero-order chi connectivity index (χ0) is 23.6. The van der Waals surface area contributed by atoms with Crippen LogP contribution in [0, 0.1) is 0 Å². The molecular weight excluding hydrogens is 519 g/mol. The lowest BCUT2D eigenvalue weighted by molar-refractivity contribution is -0.105. The first kappa shape index (κ1) is 28.8. The summed E-state index contributed by atoms with van der Waals surface area (Å²) in [5.74, 6) is 0. The van der Waals surface area contributed by atoms with Gasteiger partial charge in [0.2, 0.25) is 0 Å². The van der Waals surface area contributed by atoms with Crippen molar-refractivity contribution in [1.82, 2.24) is 4.90 Å². The lowest BCUT2D eigenvalue weighted by atomic mass is 10.2. The van der Waals surface area contributed by atoms with Crippen molar-refractivity contribution in [2.24, 2.45) is 11.5 Å². The van der Waals surface area contributed by atoms with E-state index in [0.29, 0.717) is 6.29 Å². The van der Waals surface area contributed by atoms with Crippen molar-refractivity contribution in [2.45, 2.75) is 37.2 Å². The Hall–Kier alpha value is -0.210. The smallest absolute Gasteiger partial charge is 0.333 e. The first-order valence-corrected chi connectivity index (χ1v) is 14.1. The molecule has 180 valence electrons. The second-order valence-electron chi connectivity index (χ2n) is 5.76. The van der Waals surface area contributed by atoms with Gasteiger partial charge in [-0.05, 0) is 6.92 Å². The topological polar surface area (TPSA) is 207 Å². The van der Waals surface area contributed by atoms with Crippen LogP contribution in [0.2, 0.25) is 0 Å². The van der Waals surface area contributed by atoms with E-state index in [9.17, 15) is 23.3 Å². The molecule has 31 heavy (non-hydrogen) atoms. The molecule has 1 aliphatic heterocycles. The quantitative estimate of drug-likeness (QED) is 0.0604. The number of amides is 2. The van der Waals surface area contributed by atoms with Gasteiger partial charge < -0.3 is 30.4 Å². The van der Waals surface area contributed by atoms with Gasteiger partial charge in [-0.1, -0.05) is 10.8 Å². The van der Waals surface area contributed by atoms with Gasteiger partial charge in [-0.2, -0.15) is 0 Å². The van der Waals surface area contributed by atoms with Crippen molar-refractivity contribution in [3.8, 4) is 0 Å². The zero-order valence-electron chi connectivity index (χ0n) is 16.1. The molecule has 1 aliphatic rings. The van der Waals surface area contributed by atoms with Crippen LogP contribution in [0.3, 0.4) is 0 Å². The number of ether oxygens (including phenoxy) is 2. The predicted octanol–water partition coefficient (Wildman–Crippen LogP) is 1.04. The maximum Gasteiger partial charge on any atom is 0.333 e. The highest BCUT2D eigenvalue weighted by molar-refractivity contribution is 8.68. The molecule has 0 aliphatic carbocycles. The molecule has 5 N–H and O–H groups in total. The molecular formula is C12H24N3O11P3S2. The number of primary amides is 1. The fraction of sp³-hybridized carbons (Fsp3) is 0.667. The highest BCUT2D eigenvalue weighted by atomic mass is 33.1. The molecule has 0 aromatic carbocycles. The van der Waals surface area contributed by atoms with Gasteiger partial charge in [0.15, 0.2) is 0 Å². The minimum atomic E-state index is -3.54. The number of nitrogens with two attached hydrogens (primary N) is 2. The van der Waals surface area contributed by atoms with Crippen molar-refractivity contribution in [1.29, 1.82) is 0 Å². The van der Waals surface area contributed by atoms with Gasteiger partial charge in [0.25, 0.3) is 0 Å². The van der Waals surface area contributed by atoms with Crippen molar-refractivity contribution < 1.29 is 50.8 Å². The first-order valence-electron chi connectivity index (χ1n) is 8.45. The molecule has 0 saturated carbocycles. The number of carbonyl (C=O) groups excluding carboxylic acids is 2. The van der Waals surface area contributed by atoms with E-state index < -0.39 is 54.7 Å². The van der Waals surface area contributed by atoms with Gasteiger partial charge in [0.05, 0.1) is 12.7 Å². The number of hydrogen-bond acceptors (Lipinski definition) is 13. The molecule has 0 radical (unpaired) electrons. The van der Waals surface area contributed by atoms with Gasteiger partial charge in [-0.25, -0.2) is 13.4 Å². The summed E-state index contributed by atoms with van der Waals surface area (Å²) in [6, 6.07) is -0.915. The fourth-order valence-corrected chi connectivity index (χ4v) is 4.91. The molecule has 2 amide bonds.